The molecule has 0 saturated carbocycles. The van der Waals surface area contributed by atoms with Gasteiger partial charge in [-0.2, -0.15) is 0 Å². The standard InChI is InChI=1S/C9H8BrFOS/c10-4-3-8(12)7-2-1-6(11)5-9(7)13/h1-2,5,13H,3-4H2. The fourth-order valence-corrected chi connectivity index (χ4v) is 1.64. The molecule has 0 amide bonds. The zero-order valence-corrected chi connectivity index (χ0v) is 9.24. The lowest BCUT2D eigenvalue weighted by Crippen LogP contribution is -2.01. The smallest absolute Gasteiger partial charge is 0.164 e. The number of Topliss-reactive ketones (excluding diaryl/α,β-unsaturated/α-hetero) is 1. The Labute approximate surface area is 89.9 Å². The minimum Gasteiger partial charge on any atom is -0.294 e. The summed E-state index contributed by atoms with van der Waals surface area (Å²) in [6, 6.07) is 3.97. The van der Waals surface area contributed by atoms with Crippen molar-refractivity contribution in [1.82, 2.24) is 0 Å². The first-order chi connectivity index (χ1) is 6.15. The van der Waals surface area contributed by atoms with Gasteiger partial charge in [0.05, 0.1) is 0 Å². The summed E-state index contributed by atoms with van der Waals surface area (Å²) in [5.41, 5.74) is 0.476. The summed E-state index contributed by atoms with van der Waals surface area (Å²) in [6.45, 7) is 0. The van der Waals surface area contributed by atoms with Crippen LogP contribution in [0.2, 0.25) is 0 Å². The topological polar surface area (TPSA) is 17.1 Å². The Kier molecular flexibility index (Phi) is 3.93. The molecule has 0 atom stereocenters. The van der Waals surface area contributed by atoms with Crippen molar-refractivity contribution >= 4 is 34.3 Å². The van der Waals surface area contributed by atoms with Gasteiger partial charge in [0, 0.05) is 22.2 Å². The average Bonchev–Trinajstić information content (AvgIpc) is 2.04. The Morgan fingerprint density at radius 1 is 1.54 bits per heavy atom. The molecule has 70 valence electrons. The molecule has 0 aromatic heterocycles. The second kappa shape index (κ2) is 4.77. The Bertz CT molecular complexity index is 327. The van der Waals surface area contributed by atoms with Crippen LogP contribution in [0, 0.1) is 5.82 Å². The van der Waals surface area contributed by atoms with E-state index in [-0.39, 0.29) is 11.6 Å². The van der Waals surface area contributed by atoms with E-state index in [1.54, 1.807) is 0 Å². The number of benzene rings is 1. The summed E-state index contributed by atoms with van der Waals surface area (Å²) in [4.78, 5) is 11.8. The summed E-state index contributed by atoms with van der Waals surface area (Å²) in [5, 5.41) is 0.608. The first-order valence-corrected chi connectivity index (χ1v) is 5.29. The minimum absolute atomic E-state index is 0.0260. The third-order valence-electron chi connectivity index (χ3n) is 1.58. The Hall–Kier alpha value is -0.350. The van der Waals surface area contributed by atoms with Crippen LogP contribution in [-0.2, 0) is 0 Å². The molecule has 0 N–H and O–H groups in total. The van der Waals surface area contributed by atoms with Crippen molar-refractivity contribution in [2.24, 2.45) is 0 Å². The fraction of sp³-hybridized carbons (Fsp3) is 0.222. The quantitative estimate of drug-likeness (QED) is 0.504. The van der Waals surface area contributed by atoms with Gasteiger partial charge in [-0.05, 0) is 18.2 Å². The van der Waals surface area contributed by atoms with Gasteiger partial charge in [0.2, 0.25) is 0 Å². The maximum Gasteiger partial charge on any atom is 0.164 e. The van der Waals surface area contributed by atoms with Crippen molar-refractivity contribution in [3.8, 4) is 0 Å². The zero-order chi connectivity index (χ0) is 9.84. The van der Waals surface area contributed by atoms with E-state index in [9.17, 15) is 9.18 Å². The largest absolute Gasteiger partial charge is 0.294 e. The summed E-state index contributed by atoms with van der Waals surface area (Å²) < 4.78 is 12.6. The normalized spacial score (nSPS) is 10.1. The van der Waals surface area contributed by atoms with Gasteiger partial charge in [-0.15, -0.1) is 12.6 Å². The summed E-state index contributed by atoms with van der Waals surface area (Å²) in [5.74, 6) is -0.401. The summed E-state index contributed by atoms with van der Waals surface area (Å²) in [7, 11) is 0. The van der Waals surface area contributed by atoms with Gasteiger partial charge in [-0.25, -0.2) is 4.39 Å². The maximum absolute atomic E-state index is 12.6. The monoisotopic (exact) mass is 262 g/mol. The SMILES string of the molecule is O=C(CCBr)c1ccc(F)cc1S. The van der Waals surface area contributed by atoms with E-state index >= 15 is 0 Å². The van der Waals surface area contributed by atoms with Crippen LogP contribution in [0.5, 0.6) is 0 Å². The van der Waals surface area contributed by atoms with Gasteiger partial charge in [0.15, 0.2) is 5.78 Å². The van der Waals surface area contributed by atoms with Crippen LogP contribution in [0.1, 0.15) is 16.8 Å². The molecule has 1 aromatic carbocycles. The molecule has 1 rings (SSSR count). The molecule has 0 fully saturated rings. The van der Waals surface area contributed by atoms with Crippen LogP contribution in [-0.4, -0.2) is 11.1 Å². The highest BCUT2D eigenvalue weighted by molar-refractivity contribution is 9.09. The molecule has 0 heterocycles. The molecule has 0 saturated heterocycles. The van der Waals surface area contributed by atoms with Gasteiger partial charge < -0.3 is 0 Å². The number of rotatable bonds is 3. The first-order valence-electron chi connectivity index (χ1n) is 3.73. The second-order valence-electron chi connectivity index (χ2n) is 2.52. The molecule has 0 bridgehead atoms. The third kappa shape index (κ3) is 2.81. The average molecular weight is 263 g/mol. The van der Waals surface area contributed by atoms with Crippen LogP contribution in [0.3, 0.4) is 0 Å². The van der Waals surface area contributed by atoms with Crippen molar-refractivity contribution in [2.75, 3.05) is 5.33 Å². The molecular weight excluding hydrogens is 255 g/mol. The number of alkyl halides is 1. The van der Waals surface area contributed by atoms with Crippen LogP contribution in [0.4, 0.5) is 4.39 Å². The highest BCUT2D eigenvalue weighted by Gasteiger charge is 2.08. The second-order valence-corrected chi connectivity index (χ2v) is 3.80. The van der Waals surface area contributed by atoms with Gasteiger partial charge in [-0.3, -0.25) is 4.79 Å². The van der Waals surface area contributed by atoms with E-state index in [0.29, 0.717) is 22.2 Å². The molecular formula is C9H8BrFOS. The summed E-state index contributed by atoms with van der Waals surface area (Å²) >= 11 is 7.19. The van der Waals surface area contributed by atoms with Gasteiger partial charge in [0.25, 0.3) is 0 Å². The summed E-state index contributed by atoms with van der Waals surface area (Å²) in [6.07, 6.45) is 0.402. The first kappa shape index (κ1) is 10.7. The van der Waals surface area contributed by atoms with Crippen LogP contribution in [0.15, 0.2) is 23.1 Å². The lowest BCUT2D eigenvalue weighted by Gasteiger charge is -2.02. The van der Waals surface area contributed by atoms with E-state index in [4.69, 9.17) is 0 Å². The van der Waals surface area contributed by atoms with Gasteiger partial charge in [-0.1, -0.05) is 15.9 Å². The third-order valence-corrected chi connectivity index (χ3v) is 2.35. The molecule has 0 radical (unpaired) electrons. The van der Waals surface area contributed by atoms with E-state index in [1.165, 1.54) is 18.2 Å². The van der Waals surface area contributed by atoms with E-state index < -0.39 is 0 Å². The number of carbonyl (C=O) groups excluding carboxylic acids is 1. The number of halogens is 2. The minimum atomic E-state index is -0.375. The predicted octanol–water partition coefficient (Wildman–Crippen LogP) is 3.08. The molecule has 0 aliphatic heterocycles. The van der Waals surface area contributed by atoms with Crippen LogP contribution >= 0.6 is 28.6 Å². The van der Waals surface area contributed by atoms with Crippen molar-refractivity contribution in [2.45, 2.75) is 11.3 Å². The van der Waals surface area contributed by atoms with Gasteiger partial charge in [0.1, 0.15) is 5.82 Å². The lowest BCUT2D eigenvalue weighted by atomic mass is 10.1. The number of hydrogen-bond donors (Lipinski definition) is 1. The van der Waals surface area contributed by atoms with E-state index in [2.05, 4.69) is 28.6 Å². The predicted molar refractivity (Wildman–Crippen MR) is 56.4 cm³/mol. The highest BCUT2D eigenvalue weighted by atomic mass is 79.9. The van der Waals surface area contributed by atoms with Crippen molar-refractivity contribution in [1.29, 1.82) is 0 Å². The number of thiol groups is 1. The highest BCUT2D eigenvalue weighted by Crippen LogP contribution is 2.17. The molecule has 0 spiro atoms. The van der Waals surface area contributed by atoms with Crippen LogP contribution < -0.4 is 0 Å². The molecule has 0 unspecified atom stereocenters. The van der Waals surface area contributed by atoms with Crippen molar-refractivity contribution < 1.29 is 9.18 Å². The number of ketones is 1. The fourth-order valence-electron chi connectivity index (χ4n) is 0.961. The number of hydrogen-bond acceptors (Lipinski definition) is 2. The molecule has 1 nitrogen and oxygen atoms in total. The van der Waals surface area contributed by atoms with Crippen molar-refractivity contribution in [3.63, 3.8) is 0 Å². The van der Waals surface area contributed by atoms with Gasteiger partial charge >= 0.3 is 0 Å². The number of carbonyl (C=O) groups is 1. The Morgan fingerprint density at radius 2 is 2.23 bits per heavy atom. The van der Waals surface area contributed by atoms with Crippen molar-refractivity contribution in [3.05, 3.63) is 29.6 Å². The Morgan fingerprint density at radius 3 is 2.77 bits per heavy atom. The molecule has 1 aromatic rings. The van der Waals surface area contributed by atoms with E-state index in [1.807, 2.05) is 0 Å². The zero-order valence-electron chi connectivity index (χ0n) is 6.76. The maximum atomic E-state index is 12.6. The molecule has 13 heavy (non-hydrogen) atoms. The van der Waals surface area contributed by atoms with E-state index in [0.717, 1.165) is 0 Å². The molecule has 0 aliphatic carbocycles. The Balaban J connectivity index is 2.95. The molecule has 4 heteroatoms. The van der Waals surface area contributed by atoms with Crippen LogP contribution in [0.25, 0.3) is 0 Å². The lowest BCUT2D eigenvalue weighted by molar-refractivity contribution is 0.0987. The molecule has 0 aliphatic rings.